The van der Waals surface area contributed by atoms with Gasteiger partial charge in [-0.2, -0.15) is 0 Å². The van der Waals surface area contributed by atoms with Gasteiger partial charge in [0.2, 0.25) is 0 Å². The minimum absolute atomic E-state index is 0.239. The molecule has 3 rings (SSSR count). The SMILES string of the molecule is Cc1sc2ncnc(NC3COCC3C(=O)O)c2c1C. The number of fused-ring (bicyclic) bond motifs is 1. The summed E-state index contributed by atoms with van der Waals surface area (Å²) in [5.74, 6) is -0.692. The zero-order chi connectivity index (χ0) is 14.3. The van der Waals surface area contributed by atoms with Gasteiger partial charge in [-0.25, -0.2) is 9.97 Å². The number of rotatable bonds is 3. The number of ether oxygens (including phenoxy) is 1. The highest BCUT2D eigenvalue weighted by molar-refractivity contribution is 7.18. The Morgan fingerprint density at radius 3 is 3.00 bits per heavy atom. The Bertz CT molecular complexity index is 670. The summed E-state index contributed by atoms with van der Waals surface area (Å²) in [6, 6.07) is -0.259. The number of hydrogen-bond donors (Lipinski definition) is 2. The first-order valence-electron chi connectivity index (χ1n) is 6.35. The van der Waals surface area contributed by atoms with E-state index in [0.29, 0.717) is 12.4 Å². The van der Waals surface area contributed by atoms with Crippen LogP contribution >= 0.6 is 11.3 Å². The lowest BCUT2D eigenvalue weighted by atomic mass is 10.0. The largest absolute Gasteiger partial charge is 0.481 e. The van der Waals surface area contributed by atoms with Crippen LogP contribution in [0.15, 0.2) is 6.33 Å². The van der Waals surface area contributed by atoms with Gasteiger partial charge >= 0.3 is 5.97 Å². The lowest BCUT2D eigenvalue weighted by Crippen LogP contribution is -2.33. The number of carboxylic acids is 1. The van der Waals surface area contributed by atoms with E-state index in [-0.39, 0.29) is 12.6 Å². The van der Waals surface area contributed by atoms with Gasteiger partial charge in [0, 0.05) is 4.88 Å². The van der Waals surface area contributed by atoms with E-state index in [1.165, 1.54) is 11.2 Å². The van der Waals surface area contributed by atoms with E-state index in [4.69, 9.17) is 4.74 Å². The van der Waals surface area contributed by atoms with Crippen LogP contribution in [0.5, 0.6) is 0 Å². The number of thiophene rings is 1. The summed E-state index contributed by atoms with van der Waals surface area (Å²) >= 11 is 1.62. The molecule has 106 valence electrons. The maximum absolute atomic E-state index is 11.2. The van der Waals surface area contributed by atoms with Gasteiger partial charge < -0.3 is 15.2 Å². The molecule has 2 N–H and O–H groups in total. The van der Waals surface area contributed by atoms with Gasteiger partial charge in [-0.05, 0) is 19.4 Å². The highest BCUT2D eigenvalue weighted by Crippen LogP contribution is 2.33. The van der Waals surface area contributed by atoms with Crippen molar-refractivity contribution in [3.05, 3.63) is 16.8 Å². The van der Waals surface area contributed by atoms with Crippen molar-refractivity contribution >= 4 is 33.3 Å². The summed E-state index contributed by atoms with van der Waals surface area (Å²) in [5, 5.41) is 13.4. The van der Waals surface area contributed by atoms with Crippen LogP contribution in [0.4, 0.5) is 5.82 Å². The number of nitrogens with one attached hydrogen (secondary N) is 1. The molecule has 0 radical (unpaired) electrons. The summed E-state index contributed by atoms with van der Waals surface area (Å²) in [6.45, 7) is 4.69. The highest BCUT2D eigenvalue weighted by atomic mass is 32.1. The van der Waals surface area contributed by atoms with Crippen LogP contribution in [0.2, 0.25) is 0 Å². The molecule has 0 aromatic carbocycles. The second kappa shape index (κ2) is 4.99. The molecular formula is C13H15N3O3S. The van der Waals surface area contributed by atoms with Gasteiger partial charge in [-0.3, -0.25) is 4.79 Å². The Kier molecular flexibility index (Phi) is 3.31. The fourth-order valence-electron chi connectivity index (χ4n) is 2.41. The maximum Gasteiger partial charge on any atom is 0.311 e. The summed E-state index contributed by atoms with van der Waals surface area (Å²) in [4.78, 5) is 21.8. The van der Waals surface area contributed by atoms with Gasteiger partial charge in [0.05, 0.1) is 24.6 Å². The molecule has 6 nitrogen and oxygen atoms in total. The number of carbonyl (C=O) groups is 1. The van der Waals surface area contributed by atoms with E-state index >= 15 is 0 Å². The van der Waals surface area contributed by atoms with Crippen molar-refractivity contribution in [2.75, 3.05) is 18.5 Å². The third kappa shape index (κ3) is 2.12. The van der Waals surface area contributed by atoms with Crippen LogP contribution in [0.25, 0.3) is 10.2 Å². The van der Waals surface area contributed by atoms with Gasteiger partial charge in [-0.15, -0.1) is 11.3 Å². The Morgan fingerprint density at radius 2 is 2.25 bits per heavy atom. The molecule has 7 heteroatoms. The van der Waals surface area contributed by atoms with Crippen LogP contribution in [-0.4, -0.2) is 40.3 Å². The lowest BCUT2D eigenvalue weighted by Gasteiger charge is -2.16. The zero-order valence-electron chi connectivity index (χ0n) is 11.2. The first-order valence-corrected chi connectivity index (χ1v) is 7.17. The minimum Gasteiger partial charge on any atom is -0.481 e. The molecule has 0 saturated carbocycles. The molecule has 1 saturated heterocycles. The molecule has 1 aliphatic heterocycles. The second-order valence-corrected chi connectivity index (χ2v) is 6.12. The van der Waals surface area contributed by atoms with E-state index in [1.54, 1.807) is 11.3 Å². The van der Waals surface area contributed by atoms with Crippen LogP contribution in [0.3, 0.4) is 0 Å². The van der Waals surface area contributed by atoms with E-state index < -0.39 is 11.9 Å². The quantitative estimate of drug-likeness (QED) is 0.898. The number of anilines is 1. The molecule has 0 amide bonds. The lowest BCUT2D eigenvalue weighted by molar-refractivity contribution is -0.141. The van der Waals surface area contributed by atoms with Crippen molar-refractivity contribution < 1.29 is 14.6 Å². The van der Waals surface area contributed by atoms with Gasteiger partial charge in [0.15, 0.2) is 0 Å². The summed E-state index contributed by atoms with van der Waals surface area (Å²) < 4.78 is 5.27. The predicted octanol–water partition coefficient (Wildman–Crippen LogP) is 1.82. The first kappa shape index (κ1) is 13.3. The second-order valence-electron chi connectivity index (χ2n) is 4.92. The number of aromatic nitrogens is 2. The molecule has 0 bridgehead atoms. The molecular weight excluding hydrogens is 278 g/mol. The van der Waals surface area contributed by atoms with Crippen LogP contribution in [0.1, 0.15) is 10.4 Å². The average molecular weight is 293 g/mol. The van der Waals surface area contributed by atoms with Crippen LogP contribution in [0, 0.1) is 19.8 Å². The van der Waals surface area contributed by atoms with Crippen LogP contribution in [-0.2, 0) is 9.53 Å². The number of nitrogens with zero attached hydrogens (tertiary/aromatic N) is 2. The molecule has 3 heterocycles. The van der Waals surface area contributed by atoms with Gasteiger partial charge in [-0.1, -0.05) is 0 Å². The molecule has 2 atom stereocenters. The predicted molar refractivity (Wildman–Crippen MR) is 76.2 cm³/mol. The van der Waals surface area contributed by atoms with E-state index in [1.807, 2.05) is 13.8 Å². The Balaban J connectivity index is 1.97. The molecule has 1 aliphatic rings. The van der Waals surface area contributed by atoms with Crippen molar-refractivity contribution in [2.24, 2.45) is 5.92 Å². The number of aryl methyl sites for hydroxylation is 2. The molecule has 0 spiro atoms. The van der Waals surface area contributed by atoms with Crippen molar-refractivity contribution in [2.45, 2.75) is 19.9 Å². The summed E-state index contributed by atoms with van der Waals surface area (Å²) in [7, 11) is 0. The fourth-order valence-corrected chi connectivity index (χ4v) is 3.40. The van der Waals surface area contributed by atoms with Crippen molar-refractivity contribution in [3.8, 4) is 0 Å². The average Bonchev–Trinajstić information content (AvgIpc) is 2.96. The first-order chi connectivity index (χ1) is 9.58. The van der Waals surface area contributed by atoms with Crippen molar-refractivity contribution in [1.29, 1.82) is 0 Å². The van der Waals surface area contributed by atoms with E-state index in [9.17, 15) is 9.90 Å². The van der Waals surface area contributed by atoms with Gasteiger partial charge in [0.1, 0.15) is 22.9 Å². The number of carboxylic acid groups (broad SMARTS) is 1. The molecule has 1 fully saturated rings. The standard InChI is InChI=1S/C13H15N3O3S/c1-6-7(2)20-12-10(6)11(14-5-15-12)16-9-4-19-3-8(9)13(17)18/h5,8-9H,3-4H2,1-2H3,(H,17,18)(H,14,15,16). The van der Waals surface area contributed by atoms with E-state index in [2.05, 4.69) is 15.3 Å². The molecule has 2 unspecified atom stereocenters. The normalized spacial score (nSPS) is 22.3. The van der Waals surface area contributed by atoms with E-state index in [0.717, 1.165) is 15.8 Å². The molecule has 2 aromatic rings. The zero-order valence-corrected chi connectivity index (χ0v) is 12.0. The number of aliphatic carboxylic acids is 1. The molecule has 2 aromatic heterocycles. The molecule has 0 aliphatic carbocycles. The summed E-state index contributed by atoms with van der Waals surface area (Å²) in [6.07, 6.45) is 1.51. The maximum atomic E-state index is 11.2. The van der Waals surface area contributed by atoms with Crippen molar-refractivity contribution in [3.63, 3.8) is 0 Å². The molecule has 20 heavy (non-hydrogen) atoms. The number of hydrogen-bond acceptors (Lipinski definition) is 6. The Hall–Kier alpha value is -1.73. The van der Waals surface area contributed by atoms with Crippen LogP contribution < -0.4 is 5.32 Å². The smallest absolute Gasteiger partial charge is 0.311 e. The Labute approximate surface area is 119 Å². The Morgan fingerprint density at radius 1 is 1.45 bits per heavy atom. The topological polar surface area (TPSA) is 84.3 Å². The minimum atomic E-state index is -0.844. The van der Waals surface area contributed by atoms with Gasteiger partial charge in [0.25, 0.3) is 0 Å². The fraction of sp³-hybridized carbons (Fsp3) is 0.462. The highest BCUT2D eigenvalue weighted by Gasteiger charge is 2.34. The third-order valence-corrected chi connectivity index (χ3v) is 4.80. The summed E-state index contributed by atoms with van der Waals surface area (Å²) in [5.41, 5.74) is 1.14. The monoisotopic (exact) mass is 293 g/mol. The van der Waals surface area contributed by atoms with Crippen molar-refractivity contribution in [1.82, 2.24) is 9.97 Å². The third-order valence-electron chi connectivity index (χ3n) is 3.69.